The van der Waals surface area contributed by atoms with Crippen LogP contribution in [0.25, 0.3) is 0 Å². The third-order valence-corrected chi connectivity index (χ3v) is 2.99. The van der Waals surface area contributed by atoms with Gasteiger partial charge in [-0.15, -0.1) is 0 Å². The highest BCUT2D eigenvalue weighted by atomic mass is 15.3. The molecule has 0 saturated heterocycles. The minimum atomic E-state index is 0.190. The fourth-order valence-electron chi connectivity index (χ4n) is 1.96. The SMILES string of the molecule is CC(C)CNCCC(C)(C)c1ccnn1C. The van der Waals surface area contributed by atoms with Crippen LogP contribution in [0.2, 0.25) is 0 Å². The molecule has 0 radical (unpaired) electrons. The van der Waals surface area contributed by atoms with E-state index >= 15 is 0 Å². The van der Waals surface area contributed by atoms with Crippen molar-refractivity contribution < 1.29 is 0 Å². The van der Waals surface area contributed by atoms with Crippen molar-refractivity contribution >= 4 is 0 Å². The van der Waals surface area contributed by atoms with E-state index in [9.17, 15) is 0 Å². The number of rotatable bonds is 6. The van der Waals surface area contributed by atoms with Crippen molar-refractivity contribution in [3.05, 3.63) is 18.0 Å². The molecule has 1 N–H and O–H groups in total. The molecule has 0 saturated carbocycles. The lowest BCUT2D eigenvalue weighted by atomic mass is 9.85. The van der Waals surface area contributed by atoms with Crippen LogP contribution in [0.15, 0.2) is 12.3 Å². The Hall–Kier alpha value is -0.830. The maximum Gasteiger partial charge on any atom is 0.0492 e. The summed E-state index contributed by atoms with van der Waals surface area (Å²) in [4.78, 5) is 0. The number of hydrogen-bond acceptors (Lipinski definition) is 2. The molecule has 0 aliphatic carbocycles. The summed E-state index contributed by atoms with van der Waals surface area (Å²) in [5.41, 5.74) is 1.49. The monoisotopic (exact) mass is 223 g/mol. The highest BCUT2D eigenvalue weighted by molar-refractivity contribution is 5.13. The van der Waals surface area contributed by atoms with Crippen molar-refractivity contribution in [2.75, 3.05) is 13.1 Å². The number of aromatic nitrogens is 2. The van der Waals surface area contributed by atoms with Gasteiger partial charge in [0.05, 0.1) is 0 Å². The van der Waals surface area contributed by atoms with Crippen molar-refractivity contribution in [3.63, 3.8) is 0 Å². The van der Waals surface area contributed by atoms with Crippen LogP contribution in [-0.2, 0) is 12.5 Å². The second kappa shape index (κ2) is 5.48. The average Bonchev–Trinajstić information content (AvgIpc) is 2.59. The third-order valence-electron chi connectivity index (χ3n) is 2.99. The Morgan fingerprint density at radius 3 is 2.62 bits per heavy atom. The predicted octanol–water partition coefficient (Wildman–Crippen LogP) is 2.33. The predicted molar refractivity (Wildman–Crippen MR) is 68.6 cm³/mol. The first-order valence-corrected chi connectivity index (χ1v) is 6.12. The van der Waals surface area contributed by atoms with E-state index < -0.39 is 0 Å². The van der Waals surface area contributed by atoms with Gasteiger partial charge in [-0.2, -0.15) is 5.10 Å². The number of hydrogen-bond donors (Lipinski definition) is 1. The molecule has 0 bridgehead atoms. The summed E-state index contributed by atoms with van der Waals surface area (Å²) in [5.74, 6) is 0.722. The Morgan fingerprint density at radius 2 is 2.12 bits per heavy atom. The number of nitrogens with zero attached hydrogens (tertiary/aromatic N) is 2. The minimum Gasteiger partial charge on any atom is -0.316 e. The molecular weight excluding hydrogens is 198 g/mol. The summed E-state index contributed by atoms with van der Waals surface area (Å²) < 4.78 is 1.97. The first kappa shape index (κ1) is 13.2. The second-order valence-corrected chi connectivity index (χ2v) is 5.57. The molecule has 0 spiro atoms. The highest BCUT2D eigenvalue weighted by Gasteiger charge is 2.22. The molecule has 0 aliphatic heterocycles. The molecule has 0 fully saturated rings. The Morgan fingerprint density at radius 1 is 1.44 bits per heavy atom. The van der Waals surface area contributed by atoms with Gasteiger partial charge < -0.3 is 5.32 Å². The van der Waals surface area contributed by atoms with Crippen molar-refractivity contribution in [1.82, 2.24) is 15.1 Å². The molecule has 0 unspecified atom stereocenters. The summed E-state index contributed by atoms with van der Waals surface area (Å²) in [6, 6.07) is 2.11. The van der Waals surface area contributed by atoms with Crippen LogP contribution in [-0.4, -0.2) is 22.9 Å². The third kappa shape index (κ3) is 3.63. The summed E-state index contributed by atoms with van der Waals surface area (Å²) in [6.07, 6.45) is 3.01. The quantitative estimate of drug-likeness (QED) is 0.750. The van der Waals surface area contributed by atoms with Gasteiger partial charge in [0, 0.05) is 24.4 Å². The molecule has 1 heterocycles. The molecule has 3 nitrogen and oxygen atoms in total. The molecule has 1 aromatic rings. The first-order chi connectivity index (χ1) is 7.43. The van der Waals surface area contributed by atoms with E-state index in [1.54, 1.807) is 0 Å². The minimum absolute atomic E-state index is 0.190. The summed E-state index contributed by atoms with van der Waals surface area (Å²) >= 11 is 0. The molecule has 0 amide bonds. The molecule has 1 aromatic heterocycles. The van der Waals surface area contributed by atoms with Crippen LogP contribution in [0.5, 0.6) is 0 Å². The zero-order chi connectivity index (χ0) is 12.2. The molecule has 0 aliphatic rings. The second-order valence-electron chi connectivity index (χ2n) is 5.57. The molecule has 0 atom stereocenters. The molecule has 16 heavy (non-hydrogen) atoms. The molecule has 0 aromatic carbocycles. The molecule has 1 rings (SSSR count). The van der Waals surface area contributed by atoms with E-state index in [1.165, 1.54) is 5.69 Å². The average molecular weight is 223 g/mol. The summed E-state index contributed by atoms with van der Waals surface area (Å²) in [7, 11) is 2.01. The van der Waals surface area contributed by atoms with Crippen LogP contribution in [0, 0.1) is 5.92 Å². The van der Waals surface area contributed by atoms with Crippen molar-refractivity contribution in [2.24, 2.45) is 13.0 Å². The van der Waals surface area contributed by atoms with Gasteiger partial charge in [-0.1, -0.05) is 27.7 Å². The Balaban J connectivity index is 2.43. The van der Waals surface area contributed by atoms with Gasteiger partial charge >= 0.3 is 0 Å². The lowest BCUT2D eigenvalue weighted by Gasteiger charge is -2.25. The van der Waals surface area contributed by atoms with E-state index in [0.717, 1.165) is 25.4 Å². The smallest absolute Gasteiger partial charge is 0.0492 e. The highest BCUT2D eigenvalue weighted by Crippen LogP contribution is 2.25. The van der Waals surface area contributed by atoms with Gasteiger partial charge in [0.25, 0.3) is 0 Å². The van der Waals surface area contributed by atoms with E-state index in [-0.39, 0.29) is 5.41 Å². The van der Waals surface area contributed by atoms with Gasteiger partial charge in [-0.3, -0.25) is 4.68 Å². The number of nitrogens with one attached hydrogen (secondary N) is 1. The standard InChI is InChI=1S/C13H25N3/c1-11(2)10-14-9-7-13(3,4)12-6-8-15-16(12)5/h6,8,11,14H,7,9-10H2,1-5H3. The van der Waals surface area contributed by atoms with Gasteiger partial charge in [-0.05, 0) is 31.5 Å². The molecular formula is C13H25N3. The summed E-state index contributed by atoms with van der Waals surface area (Å²) in [6.45, 7) is 11.2. The fourth-order valence-corrected chi connectivity index (χ4v) is 1.96. The Kier molecular flexibility index (Phi) is 4.54. The van der Waals surface area contributed by atoms with Crippen LogP contribution >= 0.6 is 0 Å². The zero-order valence-corrected chi connectivity index (χ0v) is 11.2. The van der Waals surface area contributed by atoms with Crippen molar-refractivity contribution in [3.8, 4) is 0 Å². The topological polar surface area (TPSA) is 29.9 Å². The molecule has 92 valence electrons. The van der Waals surface area contributed by atoms with Crippen molar-refractivity contribution in [2.45, 2.75) is 39.5 Å². The van der Waals surface area contributed by atoms with Gasteiger partial charge in [0.2, 0.25) is 0 Å². The van der Waals surface area contributed by atoms with E-state index in [1.807, 2.05) is 17.9 Å². The number of aryl methyl sites for hydroxylation is 1. The van der Waals surface area contributed by atoms with Crippen molar-refractivity contribution in [1.29, 1.82) is 0 Å². The maximum absolute atomic E-state index is 4.24. The fraction of sp³-hybridized carbons (Fsp3) is 0.769. The lowest BCUT2D eigenvalue weighted by Crippen LogP contribution is -2.29. The normalized spacial score (nSPS) is 12.4. The van der Waals surface area contributed by atoms with Crippen LogP contribution in [0.4, 0.5) is 0 Å². The maximum atomic E-state index is 4.24. The largest absolute Gasteiger partial charge is 0.316 e. The van der Waals surface area contributed by atoms with Gasteiger partial charge in [0.1, 0.15) is 0 Å². The molecule has 3 heteroatoms. The van der Waals surface area contributed by atoms with Crippen LogP contribution < -0.4 is 5.32 Å². The van der Waals surface area contributed by atoms with E-state index in [0.29, 0.717) is 0 Å². The van der Waals surface area contributed by atoms with Gasteiger partial charge in [0.15, 0.2) is 0 Å². The van der Waals surface area contributed by atoms with E-state index in [2.05, 4.69) is 44.2 Å². The summed E-state index contributed by atoms with van der Waals surface area (Å²) in [5, 5.41) is 7.73. The Bertz CT molecular complexity index is 313. The Labute approximate surface area is 99.2 Å². The van der Waals surface area contributed by atoms with Crippen LogP contribution in [0.3, 0.4) is 0 Å². The van der Waals surface area contributed by atoms with Crippen LogP contribution in [0.1, 0.15) is 39.8 Å². The first-order valence-electron chi connectivity index (χ1n) is 6.12. The van der Waals surface area contributed by atoms with Gasteiger partial charge in [-0.25, -0.2) is 0 Å². The van der Waals surface area contributed by atoms with E-state index in [4.69, 9.17) is 0 Å². The zero-order valence-electron chi connectivity index (χ0n) is 11.2. The lowest BCUT2D eigenvalue weighted by molar-refractivity contribution is 0.416.